The van der Waals surface area contributed by atoms with Crippen LogP contribution < -0.4 is 14.9 Å². The van der Waals surface area contributed by atoms with Gasteiger partial charge in [-0.25, -0.2) is 14.5 Å². The van der Waals surface area contributed by atoms with Gasteiger partial charge >= 0.3 is 5.97 Å². The number of aromatic nitrogens is 3. The monoisotopic (exact) mass is 580 g/mol. The largest absolute Gasteiger partial charge is 0.463 e. The minimum atomic E-state index is -0.703. The van der Waals surface area contributed by atoms with Gasteiger partial charge in [0.1, 0.15) is 0 Å². The zero-order valence-corrected chi connectivity index (χ0v) is 23.9. The molecule has 2 aromatic heterocycles. The number of carbonyl (C=O) groups excluding carboxylic acids is 1. The number of nitrogens with zero attached hydrogens (tertiary/aromatic N) is 4. The molecule has 41 heavy (non-hydrogen) atoms. The highest BCUT2D eigenvalue weighted by Gasteiger charge is 2.33. The Bertz CT molecular complexity index is 1960. The zero-order chi connectivity index (χ0) is 28.5. The number of hydrogen-bond acceptors (Lipinski definition) is 6. The van der Waals surface area contributed by atoms with E-state index in [1.807, 2.05) is 89.8 Å². The summed E-state index contributed by atoms with van der Waals surface area (Å²) in [6.07, 6.45) is 3.77. The molecule has 6 rings (SSSR count). The highest BCUT2D eigenvalue weighted by molar-refractivity contribution is 7.07. The van der Waals surface area contributed by atoms with Crippen LogP contribution in [0.1, 0.15) is 31.0 Å². The van der Waals surface area contributed by atoms with E-state index in [0.717, 1.165) is 28.1 Å². The second kappa shape index (κ2) is 11.2. The lowest BCUT2D eigenvalue weighted by molar-refractivity contribution is -0.139. The number of hydrogen-bond donors (Lipinski definition) is 0. The summed E-state index contributed by atoms with van der Waals surface area (Å²) in [6, 6.07) is 26.1. The summed E-state index contributed by atoms with van der Waals surface area (Å²) in [5, 5.41) is 5.43. The average Bonchev–Trinajstić information content (AvgIpc) is 3.54. The normalized spacial score (nSPS) is 15.0. The Kier molecular flexibility index (Phi) is 7.26. The van der Waals surface area contributed by atoms with Gasteiger partial charge in [0.2, 0.25) is 0 Å². The van der Waals surface area contributed by atoms with E-state index < -0.39 is 12.0 Å². The van der Waals surface area contributed by atoms with Gasteiger partial charge in [-0.1, -0.05) is 83.6 Å². The first kappa shape index (κ1) is 26.7. The van der Waals surface area contributed by atoms with E-state index >= 15 is 0 Å². The molecule has 0 fully saturated rings. The molecule has 1 aliphatic rings. The van der Waals surface area contributed by atoms with Crippen molar-refractivity contribution < 1.29 is 9.53 Å². The van der Waals surface area contributed by atoms with Crippen molar-refractivity contribution in [3.05, 3.63) is 138 Å². The Labute approximate surface area is 245 Å². The third-order valence-electron chi connectivity index (χ3n) is 6.80. The first-order valence-electron chi connectivity index (χ1n) is 13.1. The van der Waals surface area contributed by atoms with Crippen LogP contribution in [0, 0.1) is 0 Å². The fourth-order valence-electron chi connectivity index (χ4n) is 4.92. The summed E-state index contributed by atoms with van der Waals surface area (Å²) in [6.45, 7) is 3.73. The summed E-state index contributed by atoms with van der Waals surface area (Å²) < 4.78 is 9.24. The number of para-hydroxylation sites is 1. The molecule has 0 saturated carbocycles. The molecule has 1 aliphatic heterocycles. The Hall–Kier alpha value is -4.53. The van der Waals surface area contributed by atoms with Gasteiger partial charge in [0.15, 0.2) is 4.80 Å². The van der Waals surface area contributed by atoms with Gasteiger partial charge in [-0.2, -0.15) is 5.10 Å². The number of ether oxygens (including phenoxy) is 1. The number of benzene rings is 3. The van der Waals surface area contributed by atoms with Gasteiger partial charge in [-0.05, 0) is 49.8 Å². The lowest BCUT2D eigenvalue weighted by Gasteiger charge is -2.24. The quantitative estimate of drug-likeness (QED) is 0.255. The lowest BCUT2D eigenvalue weighted by Crippen LogP contribution is -2.39. The minimum Gasteiger partial charge on any atom is -0.463 e. The Morgan fingerprint density at radius 2 is 1.71 bits per heavy atom. The van der Waals surface area contributed by atoms with Gasteiger partial charge in [0.05, 0.1) is 39.8 Å². The molecular formula is C32H25ClN4O3S. The van der Waals surface area contributed by atoms with Crippen molar-refractivity contribution in [3.8, 4) is 16.9 Å². The molecule has 5 aromatic rings. The summed E-state index contributed by atoms with van der Waals surface area (Å²) >= 11 is 7.44. The number of halogens is 1. The molecule has 9 heteroatoms. The standard InChI is InChI=1S/C32H25ClN4O3S/c1-3-40-31(39)27-20(2)34-32-37(29(27)22-14-16-24(33)17-15-22)30(38)26(41-32)18-23-19-36(25-12-8-5-9-13-25)35-28(23)21-10-6-4-7-11-21/h4-19,29H,3H2,1-2H3/b26-18+/t29-/m1/s1. The predicted octanol–water partition coefficient (Wildman–Crippen LogP) is 5.30. The van der Waals surface area contributed by atoms with Crippen LogP contribution in [0.25, 0.3) is 23.0 Å². The molecule has 7 nitrogen and oxygen atoms in total. The molecule has 204 valence electrons. The van der Waals surface area contributed by atoms with Crippen molar-refractivity contribution in [3.63, 3.8) is 0 Å². The number of allylic oxidation sites excluding steroid dienone is 1. The third-order valence-corrected chi connectivity index (χ3v) is 8.03. The summed E-state index contributed by atoms with van der Waals surface area (Å²) in [7, 11) is 0. The molecule has 0 radical (unpaired) electrons. The Morgan fingerprint density at radius 3 is 2.39 bits per heavy atom. The molecular weight excluding hydrogens is 556 g/mol. The van der Waals surface area contributed by atoms with E-state index in [1.54, 1.807) is 30.5 Å². The fourth-order valence-corrected chi connectivity index (χ4v) is 6.08. The first-order valence-corrected chi connectivity index (χ1v) is 14.3. The Balaban J connectivity index is 1.56. The van der Waals surface area contributed by atoms with Crippen molar-refractivity contribution in [2.24, 2.45) is 4.99 Å². The van der Waals surface area contributed by atoms with Crippen LogP contribution in [0.5, 0.6) is 0 Å². The van der Waals surface area contributed by atoms with E-state index in [2.05, 4.69) is 4.99 Å². The molecule has 0 amide bonds. The van der Waals surface area contributed by atoms with E-state index in [9.17, 15) is 9.59 Å². The highest BCUT2D eigenvalue weighted by atomic mass is 35.5. The minimum absolute atomic E-state index is 0.209. The summed E-state index contributed by atoms with van der Waals surface area (Å²) in [4.78, 5) is 32.4. The number of thiazole rings is 1. The van der Waals surface area contributed by atoms with Crippen molar-refractivity contribution in [1.82, 2.24) is 14.3 Å². The van der Waals surface area contributed by atoms with Crippen molar-refractivity contribution in [1.29, 1.82) is 0 Å². The Morgan fingerprint density at radius 1 is 1.02 bits per heavy atom. The SMILES string of the molecule is CCOC(=O)C1=C(C)N=c2s/c(=C/c3cn(-c4ccccc4)nc3-c3ccccc3)c(=O)n2[C@@H]1c1ccc(Cl)cc1. The van der Waals surface area contributed by atoms with Crippen LogP contribution in [0.15, 0.2) is 112 Å². The fraction of sp³-hybridized carbons (Fsp3) is 0.125. The smallest absolute Gasteiger partial charge is 0.338 e. The molecule has 0 bridgehead atoms. The summed E-state index contributed by atoms with van der Waals surface area (Å²) in [5.74, 6) is -0.501. The molecule has 0 unspecified atom stereocenters. The molecule has 0 aliphatic carbocycles. The van der Waals surface area contributed by atoms with Crippen LogP contribution in [-0.2, 0) is 9.53 Å². The van der Waals surface area contributed by atoms with E-state index in [4.69, 9.17) is 21.4 Å². The maximum Gasteiger partial charge on any atom is 0.338 e. The second-order valence-electron chi connectivity index (χ2n) is 9.43. The van der Waals surface area contributed by atoms with Crippen molar-refractivity contribution >= 4 is 35.0 Å². The summed E-state index contributed by atoms with van der Waals surface area (Å²) in [5.41, 5.74) is 4.69. The number of rotatable bonds is 6. The zero-order valence-electron chi connectivity index (χ0n) is 22.3. The van der Waals surface area contributed by atoms with Gasteiger partial charge in [0.25, 0.3) is 5.56 Å². The molecule has 0 N–H and O–H groups in total. The van der Waals surface area contributed by atoms with Crippen LogP contribution >= 0.6 is 22.9 Å². The maximum atomic E-state index is 14.1. The van der Waals surface area contributed by atoms with Gasteiger partial charge in [-0.15, -0.1) is 0 Å². The molecule has 0 spiro atoms. The predicted molar refractivity (Wildman–Crippen MR) is 161 cm³/mol. The lowest BCUT2D eigenvalue weighted by atomic mass is 9.96. The van der Waals surface area contributed by atoms with Gasteiger partial charge in [0, 0.05) is 22.3 Å². The average molecular weight is 581 g/mol. The van der Waals surface area contributed by atoms with Crippen LogP contribution in [0.2, 0.25) is 5.02 Å². The van der Waals surface area contributed by atoms with Gasteiger partial charge < -0.3 is 4.74 Å². The maximum absolute atomic E-state index is 14.1. The third kappa shape index (κ3) is 5.08. The van der Waals surface area contributed by atoms with Crippen molar-refractivity contribution in [2.45, 2.75) is 19.9 Å². The molecule has 1 atom stereocenters. The van der Waals surface area contributed by atoms with E-state index in [0.29, 0.717) is 25.6 Å². The number of carbonyl (C=O) groups is 1. The molecule has 3 heterocycles. The van der Waals surface area contributed by atoms with Crippen LogP contribution in [0.3, 0.4) is 0 Å². The highest BCUT2D eigenvalue weighted by Crippen LogP contribution is 2.31. The van der Waals surface area contributed by atoms with E-state index in [-0.39, 0.29) is 12.2 Å². The molecule has 0 saturated heterocycles. The van der Waals surface area contributed by atoms with E-state index in [1.165, 1.54) is 11.3 Å². The van der Waals surface area contributed by atoms with Crippen LogP contribution in [0.4, 0.5) is 0 Å². The first-order chi connectivity index (χ1) is 19.9. The number of esters is 1. The topological polar surface area (TPSA) is 78.5 Å². The second-order valence-corrected chi connectivity index (χ2v) is 10.9. The van der Waals surface area contributed by atoms with Crippen LogP contribution in [-0.4, -0.2) is 26.9 Å². The number of fused-ring (bicyclic) bond motifs is 1. The van der Waals surface area contributed by atoms with Gasteiger partial charge in [-0.3, -0.25) is 9.36 Å². The van der Waals surface area contributed by atoms with Crippen molar-refractivity contribution in [2.75, 3.05) is 6.61 Å². The molecule has 3 aromatic carbocycles.